The molecule has 0 aliphatic heterocycles. The standard InChI is InChI=1S/C16H17NO3/c1-10-4-7-14(17)13(8-10)16(18)12-6-5-11(19-2)9-15(12)20-3/h4-9H,17H2,1-3H3. The number of hydrogen-bond donors (Lipinski definition) is 1. The number of nitrogens with two attached hydrogens (primary N) is 1. The fourth-order valence-corrected chi connectivity index (χ4v) is 2.00. The topological polar surface area (TPSA) is 61.5 Å². The van der Waals surface area contributed by atoms with Crippen molar-refractivity contribution in [2.24, 2.45) is 0 Å². The van der Waals surface area contributed by atoms with Crippen LogP contribution in [0.5, 0.6) is 11.5 Å². The van der Waals surface area contributed by atoms with E-state index in [1.807, 2.05) is 13.0 Å². The van der Waals surface area contributed by atoms with Gasteiger partial charge in [-0.1, -0.05) is 11.6 Å². The van der Waals surface area contributed by atoms with Crippen molar-refractivity contribution in [2.45, 2.75) is 6.92 Å². The lowest BCUT2D eigenvalue weighted by Crippen LogP contribution is -2.07. The van der Waals surface area contributed by atoms with Crippen LogP contribution < -0.4 is 15.2 Å². The first-order valence-electron chi connectivity index (χ1n) is 6.19. The Morgan fingerprint density at radius 3 is 2.40 bits per heavy atom. The number of anilines is 1. The van der Waals surface area contributed by atoms with E-state index in [2.05, 4.69) is 0 Å². The summed E-state index contributed by atoms with van der Waals surface area (Å²) >= 11 is 0. The molecule has 0 aliphatic rings. The van der Waals surface area contributed by atoms with E-state index in [9.17, 15) is 4.79 Å². The van der Waals surface area contributed by atoms with Gasteiger partial charge in [0.2, 0.25) is 0 Å². The highest BCUT2D eigenvalue weighted by molar-refractivity contribution is 6.13. The molecule has 2 N–H and O–H groups in total. The van der Waals surface area contributed by atoms with Gasteiger partial charge in [-0.3, -0.25) is 4.79 Å². The second-order valence-electron chi connectivity index (χ2n) is 4.49. The number of rotatable bonds is 4. The lowest BCUT2D eigenvalue weighted by molar-refractivity contribution is 0.103. The quantitative estimate of drug-likeness (QED) is 0.686. The van der Waals surface area contributed by atoms with Crippen LogP contribution in [-0.2, 0) is 0 Å². The molecule has 0 amide bonds. The van der Waals surface area contributed by atoms with Gasteiger partial charge in [-0.25, -0.2) is 0 Å². The summed E-state index contributed by atoms with van der Waals surface area (Å²) in [4.78, 5) is 12.6. The summed E-state index contributed by atoms with van der Waals surface area (Å²) in [6.45, 7) is 1.92. The molecule has 4 nitrogen and oxygen atoms in total. The number of carbonyl (C=O) groups is 1. The summed E-state index contributed by atoms with van der Waals surface area (Å²) in [5.41, 5.74) is 8.27. The molecule has 0 saturated heterocycles. The van der Waals surface area contributed by atoms with E-state index in [4.69, 9.17) is 15.2 Å². The number of nitrogen functional groups attached to an aromatic ring is 1. The molecule has 0 saturated carbocycles. The SMILES string of the molecule is COc1ccc(C(=O)c2cc(C)ccc2N)c(OC)c1. The maximum Gasteiger partial charge on any atom is 0.198 e. The van der Waals surface area contributed by atoms with Gasteiger partial charge in [0.25, 0.3) is 0 Å². The summed E-state index contributed by atoms with van der Waals surface area (Å²) in [5, 5.41) is 0. The first-order valence-corrected chi connectivity index (χ1v) is 6.19. The highest BCUT2D eigenvalue weighted by Crippen LogP contribution is 2.28. The van der Waals surface area contributed by atoms with Crippen LogP contribution in [0.25, 0.3) is 0 Å². The van der Waals surface area contributed by atoms with Crippen molar-refractivity contribution >= 4 is 11.5 Å². The summed E-state index contributed by atoms with van der Waals surface area (Å²) < 4.78 is 10.4. The largest absolute Gasteiger partial charge is 0.497 e. The second-order valence-corrected chi connectivity index (χ2v) is 4.49. The predicted octanol–water partition coefficient (Wildman–Crippen LogP) is 2.83. The molecule has 0 bridgehead atoms. The number of aryl methyl sites for hydroxylation is 1. The molecule has 0 spiro atoms. The van der Waals surface area contributed by atoms with Crippen LogP contribution in [0.15, 0.2) is 36.4 Å². The maximum absolute atomic E-state index is 12.6. The zero-order valence-electron chi connectivity index (χ0n) is 11.8. The van der Waals surface area contributed by atoms with E-state index in [1.165, 1.54) is 7.11 Å². The van der Waals surface area contributed by atoms with Crippen molar-refractivity contribution in [3.05, 3.63) is 53.1 Å². The van der Waals surface area contributed by atoms with Gasteiger partial charge in [-0.2, -0.15) is 0 Å². The lowest BCUT2D eigenvalue weighted by atomic mass is 9.99. The van der Waals surface area contributed by atoms with Crippen LogP contribution in [0.2, 0.25) is 0 Å². The molecule has 2 aromatic carbocycles. The highest BCUT2D eigenvalue weighted by atomic mass is 16.5. The number of ether oxygens (including phenoxy) is 2. The molecule has 0 fully saturated rings. The minimum absolute atomic E-state index is 0.161. The molecule has 20 heavy (non-hydrogen) atoms. The monoisotopic (exact) mass is 271 g/mol. The molecule has 0 aliphatic carbocycles. The smallest absolute Gasteiger partial charge is 0.198 e. The number of ketones is 1. The van der Waals surface area contributed by atoms with Crippen LogP contribution in [0.3, 0.4) is 0 Å². The van der Waals surface area contributed by atoms with Gasteiger partial charge in [0.15, 0.2) is 5.78 Å². The predicted molar refractivity (Wildman–Crippen MR) is 78.6 cm³/mol. The summed E-state index contributed by atoms with van der Waals surface area (Å²) in [7, 11) is 3.08. The zero-order chi connectivity index (χ0) is 14.7. The van der Waals surface area contributed by atoms with E-state index < -0.39 is 0 Å². The number of carbonyl (C=O) groups excluding carboxylic acids is 1. The fraction of sp³-hybridized carbons (Fsp3) is 0.188. The van der Waals surface area contributed by atoms with Crippen LogP contribution in [0.4, 0.5) is 5.69 Å². The van der Waals surface area contributed by atoms with E-state index in [0.29, 0.717) is 28.3 Å². The Morgan fingerprint density at radius 1 is 1.00 bits per heavy atom. The van der Waals surface area contributed by atoms with Crippen molar-refractivity contribution in [2.75, 3.05) is 20.0 Å². The highest BCUT2D eigenvalue weighted by Gasteiger charge is 2.17. The van der Waals surface area contributed by atoms with E-state index in [0.717, 1.165) is 5.56 Å². The number of hydrogen-bond acceptors (Lipinski definition) is 4. The Hall–Kier alpha value is -2.49. The maximum atomic E-state index is 12.6. The third kappa shape index (κ3) is 2.59. The molecule has 0 atom stereocenters. The van der Waals surface area contributed by atoms with Crippen molar-refractivity contribution < 1.29 is 14.3 Å². The van der Waals surface area contributed by atoms with Crippen LogP contribution >= 0.6 is 0 Å². The number of methoxy groups -OCH3 is 2. The van der Waals surface area contributed by atoms with Crippen molar-refractivity contribution in [3.63, 3.8) is 0 Å². The minimum atomic E-state index is -0.161. The molecule has 0 aromatic heterocycles. The fourth-order valence-electron chi connectivity index (χ4n) is 2.00. The minimum Gasteiger partial charge on any atom is -0.497 e. The van der Waals surface area contributed by atoms with Gasteiger partial charge in [-0.15, -0.1) is 0 Å². The Kier molecular flexibility index (Phi) is 3.94. The normalized spacial score (nSPS) is 10.2. The van der Waals surface area contributed by atoms with Gasteiger partial charge in [0.1, 0.15) is 11.5 Å². The third-order valence-corrected chi connectivity index (χ3v) is 3.11. The van der Waals surface area contributed by atoms with Gasteiger partial charge < -0.3 is 15.2 Å². The Balaban J connectivity index is 2.50. The Morgan fingerprint density at radius 2 is 1.75 bits per heavy atom. The molecule has 0 radical (unpaired) electrons. The van der Waals surface area contributed by atoms with Crippen LogP contribution in [0, 0.1) is 6.92 Å². The molecule has 4 heteroatoms. The molecule has 2 rings (SSSR count). The molecule has 0 unspecified atom stereocenters. The van der Waals surface area contributed by atoms with Gasteiger partial charge >= 0.3 is 0 Å². The zero-order valence-corrected chi connectivity index (χ0v) is 11.8. The van der Waals surface area contributed by atoms with E-state index in [1.54, 1.807) is 37.4 Å². The average Bonchev–Trinajstić information content (AvgIpc) is 2.48. The van der Waals surface area contributed by atoms with Crippen LogP contribution in [0.1, 0.15) is 21.5 Å². The molecule has 2 aromatic rings. The Labute approximate surface area is 118 Å². The molecular formula is C16H17NO3. The van der Waals surface area contributed by atoms with Crippen molar-refractivity contribution in [3.8, 4) is 11.5 Å². The van der Waals surface area contributed by atoms with Gasteiger partial charge in [-0.05, 0) is 31.2 Å². The first-order chi connectivity index (χ1) is 9.56. The van der Waals surface area contributed by atoms with Crippen molar-refractivity contribution in [1.29, 1.82) is 0 Å². The summed E-state index contributed by atoms with van der Waals surface area (Å²) in [5.74, 6) is 0.941. The first kappa shape index (κ1) is 13.9. The van der Waals surface area contributed by atoms with Gasteiger partial charge in [0, 0.05) is 17.3 Å². The lowest BCUT2D eigenvalue weighted by Gasteiger charge is -2.11. The Bertz CT molecular complexity index is 650. The van der Waals surface area contributed by atoms with Gasteiger partial charge in [0.05, 0.1) is 19.8 Å². The van der Waals surface area contributed by atoms with Crippen molar-refractivity contribution in [1.82, 2.24) is 0 Å². The van der Waals surface area contributed by atoms with E-state index in [-0.39, 0.29) is 5.78 Å². The third-order valence-electron chi connectivity index (χ3n) is 3.11. The summed E-state index contributed by atoms with van der Waals surface area (Å²) in [6, 6.07) is 10.5. The second kappa shape index (κ2) is 5.65. The van der Waals surface area contributed by atoms with E-state index >= 15 is 0 Å². The molecule has 0 heterocycles. The number of benzene rings is 2. The van der Waals surface area contributed by atoms with Crippen LogP contribution in [-0.4, -0.2) is 20.0 Å². The molecular weight excluding hydrogens is 254 g/mol. The average molecular weight is 271 g/mol. The summed E-state index contributed by atoms with van der Waals surface area (Å²) in [6.07, 6.45) is 0. The molecule has 104 valence electrons.